The monoisotopic (exact) mass is 681 g/mol. The van der Waals surface area contributed by atoms with E-state index in [2.05, 4.69) is 9.97 Å². The second kappa shape index (κ2) is 13.8. The molecule has 4 aromatic rings. The third-order valence-electron chi connectivity index (χ3n) is 6.91. The molecule has 15 heteroatoms. The van der Waals surface area contributed by atoms with E-state index in [4.69, 9.17) is 26.1 Å². The molecule has 0 radical (unpaired) electrons. The lowest BCUT2D eigenvalue weighted by Crippen LogP contribution is -2.40. The molecule has 1 N–H and O–H groups in total. The van der Waals surface area contributed by atoms with Gasteiger partial charge in [-0.15, -0.1) is 0 Å². The van der Waals surface area contributed by atoms with Crippen molar-refractivity contribution in [2.45, 2.75) is 49.7 Å². The quantitative estimate of drug-likeness (QED) is 0.108. The number of benzene rings is 2. The first-order valence-electron chi connectivity index (χ1n) is 14.1. The van der Waals surface area contributed by atoms with Gasteiger partial charge in [0.25, 0.3) is 16.8 Å². The van der Waals surface area contributed by atoms with Crippen molar-refractivity contribution >= 4 is 52.4 Å². The number of methoxy groups -OCH3 is 1. The van der Waals surface area contributed by atoms with Gasteiger partial charge in [0.1, 0.15) is 11.8 Å². The van der Waals surface area contributed by atoms with Crippen LogP contribution in [0, 0.1) is 17.0 Å². The van der Waals surface area contributed by atoms with Gasteiger partial charge in [0.05, 0.1) is 39.3 Å². The summed E-state index contributed by atoms with van der Waals surface area (Å²) in [6.07, 6.45) is 2.67. The van der Waals surface area contributed by atoms with Gasteiger partial charge in [-0.2, -0.15) is 0 Å². The number of nitrogens with one attached hydrogen (secondary N) is 1. The smallest absolute Gasteiger partial charge is 0.338 e. The highest BCUT2D eigenvalue weighted by molar-refractivity contribution is 7.99. The summed E-state index contributed by atoms with van der Waals surface area (Å²) >= 11 is 8.45. The summed E-state index contributed by atoms with van der Waals surface area (Å²) in [7, 11) is 1.48. The molecular formula is C31H28ClN5O7S2. The Kier molecular flexibility index (Phi) is 9.89. The number of nitro benzene ring substituents is 1. The molecule has 238 valence electrons. The Bertz CT molecular complexity index is 2140. The molecule has 46 heavy (non-hydrogen) atoms. The Labute approximate surface area is 275 Å². The van der Waals surface area contributed by atoms with E-state index < -0.39 is 22.5 Å². The van der Waals surface area contributed by atoms with Crippen LogP contribution in [0.5, 0.6) is 5.75 Å². The van der Waals surface area contributed by atoms with Crippen molar-refractivity contribution in [1.29, 1.82) is 0 Å². The Hall–Kier alpha value is -4.53. The fourth-order valence-electron chi connectivity index (χ4n) is 5.04. The van der Waals surface area contributed by atoms with Crippen molar-refractivity contribution in [2.24, 2.45) is 4.99 Å². The normalized spacial score (nSPS) is 14.5. The van der Waals surface area contributed by atoms with Gasteiger partial charge in [-0.1, -0.05) is 42.3 Å². The first-order chi connectivity index (χ1) is 22.0. The van der Waals surface area contributed by atoms with Crippen molar-refractivity contribution in [3.63, 3.8) is 0 Å². The van der Waals surface area contributed by atoms with Crippen LogP contribution in [0.25, 0.3) is 6.08 Å². The van der Waals surface area contributed by atoms with Crippen molar-refractivity contribution in [3.05, 3.63) is 116 Å². The molecular weight excluding hydrogens is 654 g/mol. The number of rotatable bonds is 10. The summed E-state index contributed by atoms with van der Waals surface area (Å²) in [6, 6.07) is 9.84. The number of H-pyrrole nitrogens is 1. The SMILES string of the molecule is CCCC1=C(C(=O)OCC)[C@H](c2cc(Cl)ccc2OC)n2c(s/c(=C\c3ccc(Sc4nc(C)cc(=O)[nH]4)c([N+](=O)[O-])c3)c2=O)=N1. The second-order valence-electron chi connectivity index (χ2n) is 10.1. The van der Waals surface area contributed by atoms with Crippen LogP contribution in [0.15, 0.2) is 78.4 Å². The molecule has 0 saturated carbocycles. The molecule has 1 atom stereocenters. The maximum Gasteiger partial charge on any atom is 0.338 e. The molecule has 2 aromatic heterocycles. The summed E-state index contributed by atoms with van der Waals surface area (Å²) in [6.45, 7) is 5.42. The second-order valence-corrected chi connectivity index (χ2v) is 12.6. The van der Waals surface area contributed by atoms with Gasteiger partial charge in [-0.3, -0.25) is 24.3 Å². The van der Waals surface area contributed by atoms with Gasteiger partial charge in [0.15, 0.2) is 9.96 Å². The lowest BCUT2D eigenvalue weighted by Gasteiger charge is -2.27. The number of aromatic nitrogens is 3. The van der Waals surface area contributed by atoms with Crippen LogP contribution in [-0.2, 0) is 9.53 Å². The van der Waals surface area contributed by atoms with E-state index in [9.17, 15) is 24.5 Å². The molecule has 0 bridgehead atoms. The number of carbonyl (C=O) groups excluding carboxylic acids is 1. The minimum atomic E-state index is -0.954. The van der Waals surface area contributed by atoms with Crippen molar-refractivity contribution in [2.75, 3.05) is 13.7 Å². The molecule has 0 unspecified atom stereocenters. The molecule has 0 spiro atoms. The maximum absolute atomic E-state index is 14.1. The zero-order valence-corrected chi connectivity index (χ0v) is 27.5. The van der Waals surface area contributed by atoms with Crippen LogP contribution in [0.1, 0.15) is 49.6 Å². The number of thiazole rings is 1. The Balaban J connectivity index is 1.69. The van der Waals surface area contributed by atoms with Crippen molar-refractivity contribution < 1.29 is 19.2 Å². The highest BCUT2D eigenvalue weighted by atomic mass is 35.5. The molecule has 0 amide bonds. The van der Waals surface area contributed by atoms with Gasteiger partial charge in [-0.25, -0.2) is 14.8 Å². The van der Waals surface area contributed by atoms with E-state index in [0.717, 1.165) is 23.1 Å². The van der Waals surface area contributed by atoms with Gasteiger partial charge in [0.2, 0.25) is 0 Å². The number of esters is 1. The molecule has 0 saturated heterocycles. The molecule has 3 heterocycles. The third kappa shape index (κ3) is 6.69. The number of aromatic amines is 1. The number of fused-ring (bicyclic) bond motifs is 1. The molecule has 1 aliphatic rings. The predicted molar refractivity (Wildman–Crippen MR) is 174 cm³/mol. The maximum atomic E-state index is 14.1. The zero-order chi connectivity index (χ0) is 33.1. The van der Waals surface area contributed by atoms with Crippen molar-refractivity contribution in [3.8, 4) is 5.75 Å². The lowest BCUT2D eigenvalue weighted by molar-refractivity contribution is -0.387. The number of carbonyl (C=O) groups is 1. The third-order valence-corrected chi connectivity index (χ3v) is 9.08. The highest BCUT2D eigenvalue weighted by Crippen LogP contribution is 2.38. The van der Waals surface area contributed by atoms with Crippen LogP contribution in [0.2, 0.25) is 5.02 Å². The number of hydrogen-bond acceptors (Lipinski definition) is 11. The number of allylic oxidation sites excluding steroid dienone is 1. The van der Waals surface area contributed by atoms with E-state index in [-0.39, 0.29) is 38.0 Å². The average Bonchev–Trinajstić information content (AvgIpc) is 3.30. The van der Waals surface area contributed by atoms with E-state index in [1.165, 1.54) is 36.0 Å². The molecule has 12 nitrogen and oxygen atoms in total. The minimum absolute atomic E-state index is 0.120. The van der Waals surface area contributed by atoms with E-state index >= 15 is 0 Å². The highest BCUT2D eigenvalue weighted by Gasteiger charge is 2.36. The van der Waals surface area contributed by atoms with E-state index in [1.807, 2.05) is 6.92 Å². The molecule has 1 aliphatic heterocycles. The fourth-order valence-corrected chi connectivity index (χ4v) is 7.17. The molecule has 0 fully saturated rings. The summed E-state index contributed by atoms with van der Waals surface area (Å²) in [5, 5.41) is 12.6. The van der Waals surface area contributed by atoms with Crippen molar-refractivity contribution in [1.82, 2.24) is 14.5 Å². The van der Waals surface area contributed by atoms with Gasteiger partial charge >= 0.3 is 5.97 Å². The number of halogens is 1. The zero-order valence-electron chi connectivity index (χ0n) is 25.2. The Morgan fingerprint density at radius 1 is 1.22 bits per heavy atom. The fraction of sp³-hybridized carbons (Fsp3) is 0.258. The van der Waals surface area contributed by atoms with Crippen LogP contribution in [0.3, 0.4) is 0 Å². The number of aryl methyl sites for hydroxylation is 1. The van der Waals surface area contributed by atoms with E-state index in [1.54, 1.807) is 38.1 Å². The Morgan fingerprint density at radius 3 is 2.67 bits per heavy atom. The predicted octanol–water partition coefficient (Wildman–Crippen LogP) is 4.69. The minimum Gasteiger partial charge on any atom is -0.496 e. The van der Waals surface area contributed by atoms with E-state index in [0.29, 0.717) is 50.9 Å². The first-order valence-corrected chi connectivity index (χ1v) is 16.1. The lowest BCUT2D eigenvalue weighted by atomic mass is 9.93. The van der Waals surface area contributed by atoms with Crippen LogP contribution in [0.4, 0.5) is 5.69 Å². The largest absolute Gasteiger partial charge is 0.496 e. The summed E-state index contributed by atoms with van der Waals surface area (Å²) in [4.78, 5) is 63.1. The van der Waals surface area contributed by atoms with Crippen LogP contribution >= 0.6 is 34.7 Å². The number of ether oxygens (including phenoxy) is 2. The van der Waals surface area contributed by atoms with Gasteiger partial charge in [-0.05, 0) is 67.9 Å². The van der Waals surface area contributed by atoms with Gasteiger partial charge < -0.3 is 14.5 Å². The molecule has 2 aromatic carbocycles. The Morgan fingerprint density at radius 2 is 2.00 bits per heavy atom. The summed E-state index contributed by atoms with van der Waals surface area (Å²) < 4.78 is 12.7. The number of nitro groups is 1. The molecule has 0 aliphatic carbocycles. The van der Waals surface area contributed by atoms with Crippen LogP contribution < -0.4 is 25.2 Å². The first kappa shape index (κ1) is 32.9. The standard InChI is InChI=1S/C31H28ClN5O7S2/c1-5-7-20-26(29(40)44-6-2)27(19-15-18(32)9-10-22(19)43-4)36-28(39)24(46-31(36)34-20)14-17-8-11-23(21(13-17)37(41)42)45-30-33-16(3)12-25(38)35-30/h8-15,27H,5-7H2,1-4H3,(H,33,35,38)/b24-14-/t27-/m0/s1. The number of hydrogen-bond donors (Lipinski definition) is 1. The molecule has 5 rings (SSSR count). The van der Waals surface area contributed by atoms with Crippen LogP contribution in [-0.4, -0.2) is 39.1 Å². The summed E-state index contributed by atoms with van der Waals surface area (Å²) in [5.74, 6) is -0.194. The topological polar surface area (TPSA) is 159 Å². The summed E-state index contributed by atoms with van der Waals surface area (Å²) in [5.41, 5.74) is 0.983. The average molecular weight is 682 g/mol. The number of nitrogens with zero attached hydrogens (tertiary/aromatic N) is 4. The van der Waals surface area contributed by atoms with Gasteiger partial charge in [0, 0.05) is 28.4 Å².